The van der Waals surface area contributed by atoms with Crippen LogP contribution >= 0.6 is 0 Å². The number of nitrogens with zero attached hydrogens (tertiary/aromatic N) is 1. The molecule has 2 N–H and O–H groups in total. The fourth-order valence-electron chi connectivity index (χ4n) is 2.25. The van der Waals surface area contributed by atoms with Crippen LogP contribution in [0, 0.1) is 0 Å². The van der Waals surface area contributed by atoms with Crippen molar-refractivity contribution in [1.82, 2.24) is 10.2 Å². The van der Waals surface area contributed by atoms with Crippen LogP contribution in [0.4, 0.5) is 5.69 Å². The van der Waals surface area contributed by atoms with Gasteiger partial charge in [0.2, 0.25) is 0 Å². The van der Waals surface area contributed by atoms with Gasteiger partial charge in [0.25, 0.3) is 5.91 Å². The Morgan fingerprint density at radius 2 is 1.87 bits per heavy atom. The van der Waals surface area contributed by atoms with Gasteiger partial charge in [0.15, 0.2) is 0 Å². The maximum absolute atomic E-state index is 12.3. The van der Waals surface area contributed by atoms with Crippen molar-refractivity contribution in [2.75, 3.05) is 5.32 Å². The fourth-order valence-corrected chi connectivity index (χ4v) is 2.25. The number of carbonyl (C=O) groups excluding carboxylic acids is 1. The minimum absolute atomic E-state index is 0.161. The molecule has 118 valence electrons. The third-order valence-corrected chi connectivity index (χ3v) is 3.24. The molecule has 23 heavy (non-hydrogen) atoms. The van der Waals surface area contributed by atoms with E-state index in [0.29, 0.717) is 5.56 Å². The number of carbonyl (C=O) groups is 1. The van der Waals surface area contributed by atoms with Crippen LogP contribution in [0.2, 0.25) is 0 Å². The van der Waals surface area contributed by atoms with Gasteiger partial charge in [-0.25, -0.2) is 0 Å². The standard InChI is InChI=1S/C18H19N3O2/c1-18(2,3)23-15-8-5-12(6-9-15)17(22)20-14-7-4-13-11-19-21-16(13)10-14/h4-11H,1-3H3,(H,19,21)(H,20,22). The molecule has 2 aromatic carbocycles. The molecular weight excluding hydrogens is 290 g/mol. The third-order valence-electron chi connectivity index (χ3n) is 3.24. The molecule has 0 saturated heterocycles. The Labute approximate surface area is 134 Å². The minimum Gasteiger partial charge on any atom is -0.488 e. The topological polar surface area (TPSA) is 67.0 Å². The fraction of sp³-hybridized carbons (Fsp3) is 0.222. The molecule has 0 spiro atoms. The van der Waals surface area contributed by atoms with Gasteiger partial charge < -0.3 is 10.1 Å². The maximum Gasteiger partial charge on any atom is 0.255 e. The van der Waals surface area contributed by atoms with E-state index in [1.807, 2.05) is 39.0 Å². The van der Waals surface area contributed by atoms with Crippen molar-refractivity contribution in [1.29, 1.82) is 0 Å². The summed E-state index contributed by atoms with van der Waals surface area (Å²) in [5.74, 6) is 0.583. The highest BCUT2D eigenvalue weighted by molar-refractivity contribution is 6.05. The van der Waals surface area contributed by atoms with Crippen molar-refractivity contribution in [2.24, 2.45) is 0 Å². The van der Waals surface area contributed by atoms with Gasteiger partial charge in [-0.05, 0) is 63.2 Å². The predicted molar refractivity (Wildman–Crippen MR) is 90.9 cm³/mol. The first-order chi connectivity index (χ1) is 10.9. The Hall–Kier alpha value is -2.82. The van der Waals surface area contributed by atoms with Gasteiger partial charge in [-0.2, -0.15) is 5.10 Å². The van der Waals surface area contributed by atoms with E-state index in [1.54, 1.807) is 30.5 Å². The minimum atomic E-state index is -0.261. The highest BCUT2D eigenvalue weighted by Gasteiger charge is 2.12. The Morgan fingerprint density at radius 3 is 2.57 bits per heavy atom. The predicted octanol–water partition coefficient (Wildman–Crippen LogP) is 3.99. The van der Waals surface area contributed by atoms with E-state index in [-0.39, 0.29) is 11.5 Å². The molecule has 5 nitrogen and oxygen atoms in total. The number of fused-ring (bicyclic) bond motifs is 1. The quantitative estimate of drug-likeness (QED) is 0.768. The molecule has 0 bridgehead atoms. The number of amides is 1. The van der Waals surface area contributed by atoms with Crippen molar-refractivity contribution >= 4 is 22.5 Å². The first-order valence-electron chi connectivity index (χ1n) is 7.44. The van der Waals surface area contributed by atoms with E-state index in [4.69, 9.17) is 4.74 Å². The van der Waals surface area contributed by atoms with E-state index in [2.05, 4.69) is 15.5 Å². The summed E-state index contributed by atoms with van der Waals surface area (Å²) in [6.45, 7) is 5.96. The average Bonchev–Trinajstić information content (AvgIpc) is 2.94. The summed E-state index contributed by atoms with van der Waals surface area (Å²) in [5.41, 5.74) is 1.93. The molecule has 3 aromatic rings. The first-order valence-corrected chi connectivity index (χ1v) is 7.44. The lowest BCUT2D eigenvalue weighted by atomic mass is 10.1. The summed E-state index contributed by atoms with van der Waals surface area (Å²) in [6, 6.07) is 12.7. The summed E-state index contributed by atoms with van der Waals surface area (Å²) >= 11 is 0. The van der Waals surface area contributed by atoms with Crippen LogP contribution in [0.15, 0.2) is 48.7 Å². The van der Waals surface area contributed by atoms with Gasteiger partial charge in [0, 0.05) is 16.6 Å². The molecule has 1 amide bonds. The molecule has 0 aliphatic carbocycles. The Bertz CT molecular complexity index is 829. The molecule has 1 heterocycles. The highest BCUT2D eigenvalue weighted by atomic mass is 16.5. The van der Waals surface area contributed by atoms with Crippen LogP contribution in [0.3, 0.4) is 0 Å². The number of benzene rings is 2. The van der Waals surface area contributed by atoms with Gasteiger partial charge in [0.1, 0.15) is 11.4 Å². The van der Waals surface area contributed by atoms with Gasteiger partial charge in [-0.3, -0.25) is 9.89 Å². The van der Waals surface area contributed by atoms with Gasteiger partial charge in [-0.1, -0.05) is 0 Å². The summed E-state index contributed by atoms with van der Waals surface area (Å²) in [4.78, 5) is 12.3. The third kappa shape index (κ3) is 3.69. The summed E-state index contributed by atoms with van der Waals surface area (Å²) in [7, 11) is 0. The molecule has 0 aliphatic heterocycles. The normalized spacial score (nSPS) is 11.4. The van der Waals surface area contributed by atoms with Crippen molar-refractivity contribution in [3.63, 3.8) is 0 Å². The van der Waals surface area contributed by atoms with Crippen LogP contribution < -0.4 is 10.1 Å². The second-order valence-electron chi connectivity index (χ2n) is 6.36. The lowest BCUT2D eigenvalue weighted by molar-refractivity contribution is 0.102. The largest absolute Gasteiger partial charge is 0.488 e. The molecule has 0 saturated carbocycles. The smallest absolute Gasteiger partial charge is 0.255 e. The SMILES string of the molecule is CC(C)(C)Oc1ccc(C(=O)Nc2ccc3cn[nH]c3c2)cc1. The molecule has 0 unspecified atom stereocenters. The number of rotatable bonds is 3. The zero-order valence-corrected chi connectivity index (χ0v) is 13.4. The van der Waals surface area contributed by atoms with E-state index in [9.17, 15) is 4.79 Å². The summed E-state index contributed by atoms with van der Waals surface area (Å²) in [6.07, 6.45) is 1.74. The lowest BCUT2D eigenvalue weighted by Gasteiger charge is -2.21. The van der Waals surface area contributed by atoms with Gasteiger partial charge in [-0.15, -0.1) is 0 Å². The molecule has 5 heteroatoms. The summed E-state index contributed by atoms with van der Waals surface area (Å²) in [5, 5.41) is 10.7. The number of hydrogen-bond acceptors (Lipinski definition) is 3. The number of aromatic nitrogens is 2. The highest BCUT2D eigenvalue weighted by Crippen LogP contribution is 2.20. The summed E-state index contributed by atoms with van der Waals surface area (Å²) < 4.78 is 5.75. The van der Waals surface area contributed by atoms with Gasteiger partial charge >= 0.3 is 0 Å². The van der Waals surface area contributed by atoms with Crippen molar-refractivity contribution in [3.05, 3.63) is 54.2 Å². The van der Waals surface area contributed by atoms with E-state index in [1.165, 1.54) is 0 Å². The molecule has 3 rings (SSSR count). The number of nitrogens with one attached hydrogen (secondary N) is 2. The van der Waals surface area contributed by atoms with Crippen molar-refractivity contribution < 1.29 is 9.53 Å². The van der Waals surface area contributed by atoms with E-state index >= 15 is 0 Å². The van der Waals surface area contributed by atoms with Crippen LogP contribution in [-0.4, -0.2) is 21.7 Å². The molecule has 0 aliphatic rings. The Morgan fingerprint density at radius 1 is 1.13 bits per heavy atom. The molecule has 0 fully saturated rings. The van der Waals surface area contributed by atoms with Crippen molar-refractivity contribution in [2.45, 2.75) is 26.4 Å². The van der Waals surface area contributed by atoms with E-state index in [0.717, 1.165) is 22.3 Å². The zero-order chi connectivity index (χ0) is 16.4. The number of H-pyrrole nitrogens is 1. The monoisotopic (exact) mass is 309 g/mol. The second-order valence-corrected chi connectivity index (χ2v) is 6.36. The van der Waals surface area contributed by atoms with Crippen molar-refractivity contribution in [3.8, 4) is 5.75 Å². The number of aromatic amines is 1. The van der Waals surface area contributed by atoms with Crippen LogP contribution in [0.1, 0.15) is 31.1 Å². The molecule has 1 aromatic heterocycles. The lowest BCUT2D eigenvalue weighted by Crippen LogP contribution is -2.23. The number of hydrogen-bond donors (Lipinski definition) is 2. The van der Waals surface area contributed by atoms with Crippen LogP contribution in [0.25, 0.3) is 10.9 Å². The van der Waals surface area contributed by atoms with E-state index < -0.39 is 0 Å². The number of anilines is 1. The van der Waals surface area contributed by atoms with Crippen LogP contribution in [-0.2, 0) is 0 Å². The second kappa shape index (κ2) is 5.76. The average molecular weight is 309 g/mol. The van der Waals surface area contributed by atoms with Gasteiger partial charge in [0.05, 0.1) is 11.7 Å². The Balaban J connectivity index is 1.72. The number of ether oxygens (including phenoxy) is 1. The van der Waals surface area contributed by atoms with Crippen LogP contribution in [0.5, 0.6) is 5.75 Å². The first kappa shape index (κ1) is 15.1. The Kier molecular flexibility index (Phi) is 3.78. The maximum atomic E-state index is 12.3. The molecule has 0 radical (unpaired) electrons. The molecule has 0 atom stereocenters. The molecular formula is C18H19N3O2. The zero-order valence-electron chi connectivity index (χ0n) is 13.4.